The molecule has 4 heterocycles. The third-order valence-electron chi connectivity index (χ3n) is 6.52. The van der Waals surface area contributed by atoms with Gasteiger partial charge in [-0.25, -0.2) is 19.9 Å². The molecular weight excluding hydrogens is 452 g/mol. The van der Waals surface area contributed by atoms with Gasteiger partial charge in [-0.3, -0.25) is 0 Å². The smallest absolute Gasteiger partial charge is 0.258 e. The first-order valence-corrected chi connectivity index (χ1v) is 13.4. The van der Waals surface area contributed by atoms with Crippen molar-refractivity contribution in [2.24, 2.45) is 0 Å². The summed E-state index contributed by atoms with van der Waals surface area (Å²) in [6, 6.07) is 10.1. The molecule has 2 saturated heterocycles. The number of likely N-dealkylation sites (N-methyl/N-ethyl adjacent to an activating group) is 1. The number of hydrogen-bond donors (Lipinski definition) is 1. The summed E-state index contributed by atoms with van der Waals surface area (Å²) in [6.45, 7) is 14.4. The number of ether oxygens (including phenoxy) is 1. The highest BCUT2D eigenvalue weighted by molar-refractivity contribution is 5.86. The van der Waals surface area contributed by atoms with Crippen molar-refractivity contribution in [3.8, 4) is 17.3 Å². The zero-order chi connectivity index (χ0) is 25.3. The lowest BCUT2D eigenvalue weighted by molar-refractivity contribution is 0.303. The number of hydrogen-bond acceptors (Lipinski definition) is 9. The number of piperazine rings is 1. The van der Waals surface area contributed by atoms with E-state index >= 15 is 0 Å². The summed E-state index contributed by atoms with van der Waals surface area (Å²) in [7, 11) is 2.15. The molecule has 0 spiro atoms. The van der Waals surface area contributed by atoms with Crippen LogP contribution in [0.3, 0.4) is 0 Å². The molecule has 1 N–H and O–H groups in total. The molecule has 5 rings (SSSR count). The van der Waals surface area contributed by atoms with Gasteiger partial charge in [-0.15, -0.1) is 0 Å². The average molecular weight is 493 g/mol. The van der Waals surface area contributed by atoms with E-state index < -0.39 is 0 Å². The van der Waals surface area contributed by atoms with Crippen molar-refractivity contribution in [3.05, 3.63) is 30.3 Å². The number of nitrogens with zero attached hydrogens (tertiary/aromatic N) is 7. The van der Waals surface area contributed by atoms with Gasteiger partial charge in [0, 0.05) is 44.8 Å². The fraction of sp³-hybridized carbons (Fsp3) is 0.556. The van der Waals surface area contributed by atoms with Crippen molar-refractivity contribution in [1.82, 2.24) is 29.7 Å². The van der Waals surface area contributed by atoms with Crippen LogP contribution in [0.25, 0.3) is 22.6 Å². The Morgan fingerprint density at radius 3 is 2.31 bits per heavy atom. The molecule has 0 saturated carbocycles. The standard InChI is InChI=1S/C25H34N8O.C2H6/c1-3-34-25-24(33-17-15-31(2)16-18-33)30-23-20(27-25)22(26-11-14-32-12-7-8-13-32)28-21(29-23)19-9-5-4-6-10-19;1-2/h4-6,9-10H,3,7-8,11-18H2,1-2H3,(H,26,28,29,30);1-2H3. The molecule has 0 radical (unpaired) electrons. The largest absolute Gasteiger partial charge is 0.475 e. The maximum absolute atomic E-state index is 5.96. The quantitative estimate of drug-likeness (QED) is 0.505. The van der Waals surface area contributed by atoms with E-state index in [1.54, 1.807) is 0 Å². The summed E-state index contributed by atoms with van der Waals surface area (Å²) in [6.07, 6.45) is 2.57. The number of fused-ring (bicyclic) bond motifs is 1. The van der Waals surface area contributed by atoms with E-state index in [1.807, 2.05) is 51.1 Å². The van der Waals surface area contributed by atoms with E-state index in [2.05, 4.69) is 27.1 Å². The molecule has 9 heteroatoms. The fourth-order valence-corrected chi connectivity index (χ4v) is 4.56. The van der Waals surface area contributed by atoms with Crippen molar-refractivity contribution in [2.45, 2.75) is 33.6 Å². The third-order valence-corrected chi connectivity index (χ3v) is 6.52. The maximum Gasteiger partial charge on any atom is 0.258 e. The van der Waals surface area contributed by atoms with Crippen molar-refractivity contribution in [3.63, 3.8) is 0 Å². The number of anilines is 2. The summed E-state index contributed by atoms with van der Waals surface area (Å²) in [5, 5.41) is 3.53. The van der Waals surface area contributed by atoms with Crippen LogP contribution in [0.2, 0.25) is 0 Å². The van der Waals surface area contributed by atoms with Crippen LogP contribution in [0.4, 0.5) is 11.6 Å². The van der Waals surface area contributed by atoms with Gasteiger partial charge < -0.3 is 24.8 Å². The highest BCUT2D eigenvalue weighted by Gasteiger charge is 2.23. The number of rotatable bonds is 8. The molecule has 1 aromatic carbocycles. The molecule has 0 amide bonds. The molecule has 0 bridgehead atoms. The van der Waals surface area contributed by atoms with Crippen molar-refractivity contribution < 1.29 is 4.74 Å². The molecule has 0 atom stereocenters. The van der Waals surface area contributed by atoms with E-state index in [1.165, 1.54) is 25.9 Å². The van der Waals surface area contributed by atoms with Gasteiger partial charge in [0.05, 0.1) is 6.61 Å². The summed E-state index contributed by atoms with van der Waals surface area (Å²) < 4.78 is 5.96. The minimum absolute atomic E-state index is 0.529. The Hall–Kier alpha value is -3.04. The van der Waals surface area contributed by atoms with Crippen LogP contribution in [0, 0.1) is 0 Å². The van der Waals surface area contributed by atoms with E-state index in [0.29, 0.717) is 35.3 Å². The predicted molar refractivity (Wildman–Crippen MR) is 147 cm³/mol. The Morgan fingerprint density at radius 2 is 1.61 bits per heavy atom. The Labute approximate surface area is 214 Å². The van der Waals surface area contributed by atoms with Gasteiger partial charge in [0.15, 0.2) is 28.6 Å². The molecule has 3 aromatic rings. The summed E-state index contributed by atoms with van der Waals surface area (Å²) >= 11 is 0. The van der Waals surface area contributed by atoms with E-state index in [4.69, 9.17) is 24.7 Å². The van der Waals surface area contributed by atoms with Crippen LogP contribution < -0.4 is 15.0 Å². The molecule has 0 aliphatic carbocycles. The SMILES string of the molecule is CC.CCOc1nc2c(NCCN3CCCC3)nc(-c3ccccc3)nc2nc1N1CCN(C)CC1. The second kappa shape index (κ2) is 12.8. The Morgan fingerprint density at radius 1 is 0.889 bits per heavy atom. The highest BCUT2D eigenvalue weighted by atomic mass is 16.5. The Balaban J connectivity index is 0.00000148. The highest BCUT2D eigenvalue weighted by Crippen LogP contribution is 2.31. The van der Waals surface area contributed by atoms with Gasteiger partial charge >= 0.3 is 0 Å². The zero-order valence-electron chi connectivity index (χ0n) is 22.2. The van der Waals surface area contributed by atoms with Gasteiger partial charge in [0.2, 0.25) is 0 Å². The van der Waals surface area contributed by atoms with Gasteiger partial charge in [0.25, 0.3) is 5.88 Å². The lowest BCUT2D eigenvalue weighted by atomic mass is 10.2. The zero-order valence-corrected chi connectivity index (χ0v) is 22.2. The maximum atomic E-state index is 5.96. The predicted octanol–water partition coefficient (Wildman–Crippen LogP) is 3.77. The molecule has 2 aliphatic rings. The van der Waals surface area contributed by atoms with Gasteiger partial charge in [0.1, 0.15) is 0 Å². The fourth-order valence-electron chi connectivity index (χ4n) is 4.56. The lowest BCUT2D eigenvalue weighted by Gasteiger charge is -2.33. The van der Waals surface area contributed by atoms with Gasteiger partial charge in [-0.05, 0) is 39.9 Å². The molecule has 194 valence electrons. The van der Waals surface area contributed by atoms with Crippen LogP contribution >= 0.6 is 0 Å². The first-order chi connectivity index (χ1) is 17.7. The Bertz CT molecular complexity index is 1100. The molecule has 2 fully saturated rings. The molecule has 2 aromatic heterocycles. The summed E-state index contributed by atoms with van der Waals surface area (Å²) in [5.41, 5.74) is 2.21. The third kappa shape index (κ3) is 6.20. The molecule has 36 heavy (non-hydrogen) atoms. The Kier molecular flexibility index (Phi) is 9.24. The molecule has 2 aliphatic heterocycles. The minimum atomic E-state index is 0.529. The normalized spacial score (nSPS) is 16.6. The lowest BCUT2D eigenvalue weighted by Crippen LogP contribution is -2.45. The van der Waals surface area contributed by atoms with E-state index in [9.17, 15) is 0 Å². The van der Waals surface area contributed by atoms with Gasteiger partial charge in [-0.2, -0.15) is 0 Å². The van der Waals surface area contributed by atoms with E-state index in [-0.39, 0.29) is 0 Å². The first-order valence-electron chi connectivity index (χ1n) is 13.4. The van der Waals surface area contributed by atoms with Crippen LogP contribution in [0.15, 0.2) is 30.3 Å². The van der Waals surface area contributed by atoms with Crippen LogP contribution in [0.5, 0.6) is 5.88 Å². The van der Waals surface area contributed by atoms with Gasteiger partial charge in [-0.1, -0.05) is 44.2 Å². The summed E-state index contributed by atoms with van der Waals surface area (Å²) in [4.78, 5) is 26.7. The number of nitrogens with one attached hydrogen (secondary N) is 1. The first kappa shape index (κ1) is 26.0. The summed E-state index contributed by atoms with van der Waals surface area (Å²) in [5.74, 6) is 2.68. The molecular formula is C27H40N8O. The molecule has 0 unspecified atom stereocenters. The van der Waals surface area contributed by atoms with Crippen LogP contribution in [-0.4, -0.2) is 95.7 Å². The minimum Gasteiger partial charge on any atom is -0.475 e. The number of aromatic nitrogens is 4. The number of benzene rings is 1. The molecule has 9 nitrogen and oxygen atoms in total. The topological polar surface area (TPSA) is 82.5 Å². The van der Waals surface area contributed by atoms with E-state index in [0.717, 1.165) is 50.6 Å². The number of likely N-dealkylation sites (tertiary alicyclic amines) is 1. The average Bonchev–Trinajstić information content (AvgIpc) is 3.44. The van der Waals surface area contributed by atoms with Crippen molar-refractivity contribution in [1.29, 1.82) is 0 Å². The second-order valence-electron chi connectivity index (χ2n) is 8.99. The van der Waals surface area contributed by atoms with Crippen molar-refractivity contribution in [2.75, 3.05) is 76.2 Å². The van der Waals surface area contributed by atoms with Crippen molar-refractivity contribution >= 4 is 22.8 Å². The monoisotopic (exact) mass is 492 g/mol. The van der Waals surface area contributed by atoms with Crippen LogP contribution in [-0.2, 0) is 0 Å². The second-order valence-corrected chi connectivity index (χ2v) is 8.99. The van der Waals surface area contributed by atoms with Crippen LogP contribution in [0.1, 0.15) is 33.6 Å².